The van der Waals surface area contributed by atoms with Gasteiger partial charge >= 0.3 is 5.97 Å². The zero-order chi connectivity index (χ0) is 15.8. The van der Waals surface area contributed by atoms with Gasteiger partial charge in [-0.2, -0.15) is 0 Å². The van der Waals surface area contributed by atoms with E-state index in [0.29, 0.717) is 13.1 Å². The normalized spacial score (nSPS) is 9.90. The van der Waals surface area contributed by atoms with Gasteiger partial charge in [-0.1, -0.05) is 35.4 Å². The summed E-state index contributed by atoms with van der Waals surface area (Å²) in [6, 6.07) is 8.02. The molecule has 0 spiro atoms. The third-order valence-electron chi connectivity index (χ3n) is 3.03. The standard InChI is InChI=1S/C17H23NO3/c1-13(2)11-16(19)18(10-9-17(20)21-4)12-15-7-5-14(3)6-8-15/h5-8,11H,9-10,12H2,1-4H3. The number of ether oxygens (including phenoxy) is 1. The van der Waals surface area contributed by atoms with Gasteiger partial charge in [-0.3, -0.25) is 9.59 Å². The lowest BCUT2D eigenvalue weighted by atomic mass is 10.1. The number of esters is 1. The molecule has 0 saturated heterocycles. The molecule has 4 heteroatoms. The molecule has 1 aromatic carbocycles. The van der Waals surface area contributed by atoms with Crippen molar-refractivity contribution in [3.63, 3.8) is 0 Å². The Balaban J connectivity index is 2.80. The predicted octanol–water partition coefficient (Wildman–Crippen LogP) is 2.85. The van der Waals surface area contributed by atoms with E-state index < -0.39 is 0 Å². The van der Waals surface area contributed by atoms with E-state index in [0.717, 1.165) is 11.1 Å². The fourth-order valence-electron chi connectivity index (χ4n) is 1.85. The van der Waals surface area contributed by atoms with E-state index in [1.54, 1.807) is 11.0 Å². The Kier molecular flexibility index (Phi) is 6.66. The van der Waals surface area contributed by atoms with Gasteiger partial charge in [-0.05, 0) is 26.3 Å². The molecule has 1 rings (SSSR count). The molecule has 0 aliphatic heterocycles. The van der Waals surface area contributed by atoms with Crippen molar-refractivity contribution in [3.8, 4) is 0 Å². The first-order valence-electron chi connectivity index (χ1n) is 6.98. The third-order valence-corrected chi connectivity index (χ3v) is 3.03. The minimum atomic E-state index is -0.311. The molecule has 0 aromatic heterocycles. The SMILES string of the molecule is COC(=O)CCN(Cc1ccc(C)cc1)C(=O)C=C(C)C. The summed E-state index contributed by atoms with van der Waals surface area (Å²) in [7, 11) is 1.35. The van der Waals surface area contributed by atoms with E-state index in [1.165, 1.54) is 12.7 Å². The highest BCUT2D eigenvalue weighted by Crippen LogP contribution is 2.09. The van der Waals surface area contributed by atoms with Gasteiger partial charge in [0.2, 0.25) is 5.91 Å². The number of carbonyl (C=O) groups is 2. The largest absolute Gasteiger partial charge is 0.469 e. The number of allylic oxidation sites excluding steroid dienone is 1. The Morgan fingerprint density at radius 3 is 2.33 bits per heavy atom. The lowest BCUT2D eigenvalue weighted by molar-refractivity contribution is -0.141. The fraction of sp³-hybridized carbons (Fsp3) is 0.412. The maximum Gasteiger partial charge on any atom is 0.307 e. The summed E-state index contributed by atoms with van der Waals surface area (Å²) in [5, 5.41) is 0. The maximum absolute atomic E-state index is 12.2. The van der Waals surface area contributed by atoms with Crippen LogP contribution in [0.5, 0.6) is 0 Å². The van der Waals surface area contributed by atoms with Gasteiger partial charge < -0.3 is 9.64 Å². The van der Waals surface area contributed by atoms with Crippen LogP contribution in [-0.4, -0.2) is 30.4 Å². The molecule has 0 aliphatic rings. The molecule has 114 valence electrons. The zero-order valence-corrected chi connectivity index (χ0v) is 13.2. The van der Waals surface area contributed by atoms with Crippen molar-refractivity contribution in [1.29, 1.82) is 0 Å². The number of hydrogen-bond acceptors (Lipinski definition) is 3. The van der Waals surface area contributed by atoms with Crippen LogP contribution in [0.1, 0.15) is 31.4 Å². The molecule has 21 heavy (non-hydrogen) atoms. The molecule has 0 unspecified atom stereocenters. The van der Waals surface area contributed by atoms with Crippen molar-refractivity contribution in [2.75, 3.05) is 13.7 Å². The van der Waals surface area contributed by atoms with E-state index in [2.05, 4.69) is 4.74 Å². The molecular formula is C17H23NO3. The van der Waals surface area contributed by atoms with Crippen LogP contribution in [0.3, 0.4) is 0 Å². The lowest BCUT2D eigenvalue weighted by Gasteiger charge is -2.21. The first-order valence-corrected chi connectivity index (χ1v) is 6.98. The molecule has 0 N–H and O–H groups in total. The minimum Gasteiger partial charge on any atom is -0.469 e. The Morgan fingerprint density at radius 1 is 1.19 bits per heavy atom. The number of rotatable bonds is 6. The topological polar surface area (TPSA) is 46.6 Å². The maximum atomic E-state index is 12.2. The van der Waals surface area contributed by atoms with Crippen LogP contribution in [0.25, 0.3) is 0 Å². The number of benzene rings is 1. The number of methoxy groups -OCH3 is 1. The molecule has 0 bridgehead atoms. The van der Waals surface area contributed by atoms with Gasteiger partial charge in [0.15, 0.2) is 0 Å². The average molecular weight is 289 g/mol. The van der Waals surface area contributed by atoms with Crippen LogP contribution in [0.2, 0.25) is 0 Å². The van der Waals surface area contributed by atoms with Crippen LogP contribution in [0.15, 0.2) is 35.9 Å². The molecule has 1 amide bonds. The molecule has 0 fully saturated rings. The predicted molar refractivity (Wildman–Crippen MR) is 82.7 cm³/mol. The van der Waals surface area contributed by atoms with Gasteiger partial charge in [0.25, 0.3) is 0 Å². The molecular weight excluding hydrogens is 266 g/mol. The molecule has 0 saturated carbocycles. The van der Waals surface area contributed by atoms with E-state index >= 15 is 0 Å². The van der Waals surface area contributed by atoms with E-state index in [-0.39, 0.29) is 18.3 Å². The summed E-state index contributed by atoms with van der Waals surface area (Å²) in [6.07, 6.45) is 1.79. The Hall–Kier alpha value is -2.10. The monoisotopic (exact) mass is 289 g/mol. The summed E-state index contributed by atoms with van der Waals surface area (Å²) in [5.41, 5.74) is 3.16. The summed E-state index contributed by atoms with van der Waals surface area (Å²) < 4.78 is 4.64. The van der Waals surface area contributed by atoms with Crippen LogP contribution in [0, 0.1) is 6.92 Å². The summed E-state index contributed by atoms with van der Waals surface area (Å²) >= 11 is 0. The van der Waals surface area contributed by atoms with Gasteiger partial charge in [-0.15, -0.1) is 0 Å². The van der Waals surface area contributed by atoms with E-state index in [4.69, 9.17) is 0 Å². The minimum absolute atomic E-state index is 0.0838. The highest BCUT2D eigenvalue weighted by molar-refractivity contribution is 5.88. The Bertz CT molecular complexity index is 513. The Morgan fingerprint density at radius 2 is 1.81 bits per heavy atom. The van der Waals surface area contributed by atoms with Crippen molar-refractivity contribution >= 4 is 11.9 Å². The first kappa shape index (κ1) is 17.0. The number of carbonyl (C=O) groups excluding carboxylic acids is 2. The highest BCUT2D eigenvalue weighted by atomic mass is 16.5. The second-order valence-electron chi connectivity index (χ2n) is 5.29. The molecule has 0 aliphatic carbocycles. The Labute approximate surface area is 126 Å². The molecule has 1 aromatic rings. The zero-order valence-electron chi connectivity index (χ0n) is 13.2. The quantitative estimate of drug-likeness (QED) is 0.597. The van der Waals surface area contributed by atoms with Crippen LogP contribution in [-0.2, 0) is 20.9 Å². The van der Waals surface area contributed by atoms with E-state index in [9.17, 15) is 9.59 Å². The average Bonchev–Trinajstić information content (AvgIpc) is 2.44. The first-order chi connectivity index (χ1) is 9.92. The summed E-state index contributed by atoms with van der Waals surface area (Å²) in [4.78, 5) is 25.2. The smallest absolute Gasteiger partial charge is 0.307 e. The van der Waals surface area contributed by atoms with Crippen LogP contribution >= 0.6 is 0 Å². The van der Waals surface area contributed by atoms with Gasteiger partial charge in [0.1, 0.15) is 0 Å². The number of amides is 1. The van der Waals surface area contributed by atoms with Gasteiger partial charge in [-0.25, -0.2) is 0 Å². The summed E-state index contributed by atoms with van der Waals surface area (Å²) in [5.74, 6) is -0.395. The van der Waals surface area contributed by atoms with E-state index in [1.807, 2.05) is 45.0 Å². The second-order valence-corrected chi connectivity index (χ2v) is 5.29. The number of aryl methyl sites for hydroxylation is 1. The van der Waals surface area contributed by atoms with Crippen molar-refractivity contribution in [2.24, 2.45) is 0 Å². The van der Waals surface area contributed by atoms with Crippen molar-refractivity contribution in [2.45, 2.75) is 33.7 Å². The van der Waals surface area contributed by atoms with Crippen molar-refractivity contribution in [3.05, 3.63) is 47.0 Å². The third kappa shape index (κ3) is 6.25. The fourth-order valence-corrected chi connectivity index (χ4v) is 1.85. The molecule has 0 heterocycles. The lowest BCUT2D eigenvalue weighted by Crippen LogP contribution is -2.31. The molecule has 4 nitrogen and oxygen atoms in total. The summed E-state index contributed by atoms with van der Waals surface area (Å²) in [6.45, 7) is 6.61. The van der Waals surface area contributed by atoms with Gasteiger partial charge in [0, 0.05) is 19.2 Å². The molecule has 0 radical (unpaired) electrons. The van der Waals surface area contributed by atoms with Crippen molar-refractivity contribution in [1.82, 2.24) is 4.90 Å². The second kappa shape index (κ2) is 8.25. The molecule has 0 atom stereocenters. The van der Waals surface area contributed by atoms with Crippen LogP contribution in [0.4, 0.5) is 0 Å². The number of nitrogens with zero attached hydrogens (tertiary/aromatic N) is 1. The van der Waals surface area contributed by atoms with Gasteiger partial charge in [0.05, 0.1) is 13.5 Å². The van der Waals surface area contributed by atoms with Crippen molar-refractivity contribution < 1.29 is 14.3 Å². The highest BCUT2D eigenvalue weighted by Gasteiger charge is 2.14. The van der Waals surface area contributed by atoms with Crippen LogP contribution < -0.4 is 0 Å². The number of hydrogen-bond donors (Lipinski definition) is 0.